The highest BCUT2D eigenvalue weighted by atomic mass is 16.5. The number of benzene rings is 3. The summed E-state index contributed by atoms with van der Waals surface area (Å²) in [5, 5.41) is 10.4. The number of β-amino-alcohol motifs (C(OH)–C–C–N with tert-alkyl or cyclic N) is 1. The van der Waals surface area contributed by atoms with Gasteiger partial charge >= 0.3 is 0 Å². The Hall–Kier alpha value is -3.02. The second kappa shape index (κ2) is 10.5. The number of rotatable bonds is 8. The molecule has 3 atom stereocenters. The first-order valence-corrected chi connectivity index (χ1v) is 13.0. The first-order valence-electron chi connectivity index (χ1n) is 13.0. The number of aliphatic hydroxyl groups excluding tert-OH is 1. The number of nitrogens with zero attached hydrogens (tertiary/aromatic N) is 1. The zero-order chi connectivity index (χ0) is 25.1. The smallest absolute Gasteiger partial charge is 0.127 e. The lowest BCUT2D eigenvalue weighted by Gasteiger charge is -2.45. The Kier molecular flexibility index (Phi) is 7.22. The fraction of sp³-hybridized carbons (Fsp3) is 0.419. The van der Waals surface area contributed by atoms with Crippen molar-refractivity contribution in [3.8, 4) is 17.2 Å². The van der Waals surface area contributed by atoms with Crippen molar-refractivity contribution < 1.29 is 19.3 Å². The molecule has 2 heterocycles. The third-order valence-electron chi connectivity index (χ3n) is 7.52. The third-order valence-corrected chi connectivity index (χ3v) is 7.52. The number of hydrogen-bond donors (Lipinski definition) is 1. The van der Waals surface area contributed by atoms with Gasteiger partial charge in [0.15, 0.2) is 0 Å². The average molecular weight is 488 g/mol. The monoisotopic (exact) mass is 487 g/mol. The Morgan fingerprint density at radius 3 is 2.33 bits per heavy atom. The van der Waals surface area contributed by atoms with E-state index in [0.29, 0.717) is 13.2 Å². The molecule has 36 heavy (non-hydrogen) atoms. The van der Waals surface area contributed by atoms with E-state index >= 15 is 0 Å². The molecule has 1 fully saturated rings. The number of ether oxygens (including phenoxy) is 3. The van der Waals surface area contributed by atoms with Crippen LogP contribution in [0, 0.1) is 0 Å². The van der Waals surface area contributed by atoms with Crippen LogP contribution in [0.1, 0.15) is 55.2 Å². The summed E-state index contributed by atoms with van der Waals surface area (Å²) in [6, 6.07) is 25.1. The summed E-state index contributed by atoms with van der Waals surface area (Å²) in [6.45, 7) is 7.45. The summed E-state index contributed by atoms with van der Waals surface area (Å²) in [5.74, 6) is 2.65. The van der Waals surface area contributed by atoms with Gasteiger partial charge in [-0.3, -0.25) is 0 Å². The van der Waals surface area contributed by atoms with Crippen LogP contribution < -0.4 is 14.2 Å². The van der Waals surface area contributed by atoms with Crippen LogP contribution >= 0.6 is 0 Å². The Labute approximate surface area is 214 Å². The summed E-state index contributed by atoms with van der Waals surface area (Å²) in [5.41, 5.74) is 3.18. The summed E-state index contributed by atoms with van der Waals surface area (Å²) < 4.78 is 18.0. The van der Waals surface area contributed by atoms with E-state index in [-0.39, 0.29) is 11.8 Å². The molecule has 0 aliphatic carbocycles. The van der Waals surface area contributed by atoms with E-state index in [1.54, 1.807) is 7.11 Å². The van der Waals surface area contributed by atoms with E-state index in [0.717, 1.165) is 35.9 Å². The lowest BCUT2D eigenvalue weighted by molar-refractivity contribution is 0.0527. The van der Waals surface area contributed by atoms with Crippen LogP contribution in [0.25, 0.3) is 0 Å². The molecule has 0 aromatic heterocycles. The van der Waals surface area contributed by atoms with E-state index in [1.165, 1.54) is 24.0 Å². The van der Waals surface area contributed by atoms with E-state index in [4.69, 9.17) is 14.2 Å². The second-order valence-electron chi connectivity index (χ2n) is 10.5. The molecule has 0 bridgehead atoms. The highest BCUT2D eigenvalue weighted by Gasteiger charge is 2.45. The largest absolute Gasteiger partial charge is 0.497 e. The molecule has 0 unspecified atom stereocenters. The molecule has 0 spiro atoms. The lowest BCUT2D eigenvalue weighted by atomic mass is 9.68. The van der Waals surface area contributed by atoms with Crippen molar-refractivity contribution in [1.29, 1.82) is 0 Å². The standard InChI is InChI=1S/C31H37NO4/c1-31(2)30(23-9-5-4-6-10-23)29(27-16-15-26(34-3)19-28(27)36-31)22-11-13-25(14-12-22)35-21-24(33)20-32-17-7-8-18-32/h4-6,9-16,19,24,29-30,33H,7-8,17-18,20-21H2,1-3H3/t24-,29+,30-/m0/s1. The van der Waals surface area contributed by atoms with E-state index < -0.39 is 11.7 Å². The molecule has 1 saturated heterocycles. The number of hydrogen-bond acceptors (Lipinski definition) is 5. The normalized spacial score (nSPS) is 21.9. The van der Waals surface area contributed by atoms with Crippen LogP contribution in [0.15, 0.2) is 72.8 Å². The van der Waals surface area contributed by atoms with Gasteiger partial charge in [0.2, 0.25) is 0 Å². The van der Waals surface area contributed by atoms with Crippen LogP contribution in [0.4, 0.5) is 0 Å². The van der Waals surface area contributed by atoms with Crippen molar-refractivity contribution in [3.63, 3.8) is 0 Å². The van der Waals surface area contributed by atoms with Crippen LogP contribution in [0.5, 0.6) is 17.2 Å². The molecule has 1 N–H and O–H groups in total. The van der Waals surface area contributed by atoms with Crippen molar-refractivity contribution in [2.75, 3.05) is 33.4 Å². The summed E-state index contributed by atoms with van der Waals surface area (Å²) in [4.78, 5) is 2.31. The second-order valence-corrected chi connectivity index (χ2v) is 10.5. The maximum atomic E-state index is 10.4. The Morgan fingerprint density at radius 1 is 0.944 bits per heavy atom. The van der Waals surface area contributed by atoms with Gasteiger partial charge < -0.3 is 24.2 Å². The predicted octanol–water partition coefficient (Wildman–Crippen LogP) is 5.62. The van der Waals surface area contributed by atoms with Gasteiger partial charge in [0.05, 0.1) is 7.11 Å². The maximum Gasteiger partial charge on any atom is 0.127 e. The minimum Gasteiger partial charge on any atom is -0.497 e. The molecule has 0 radical (unpaired) electrons. The predicted molar refractivity (Wildman–Crippen MR) is 142 cm³/mol. The Bertz CT molecular complexity index is 1140. The zero-order valence-electron chi connectivity index (χ0n) is 21.5. The van der Waals surface area contributed by atoms with Gasteiger partial charge in [0, 0.05) is 30.0 Å². The van der Waals surface area contributed by atoms with Crippen molar-refractivity contribution in [3.05, 3.63) is 89.5 Å². The zero-order valence-corrected chi connectivity index (χ0v) is 21.5. The first-order chi connectivity index (χ1) is 17.4. The SMILES string of the molecule is COc1ccc2c(c1)OC(C)(C)[C@@H](c1ccccc1)[C@@H]2c1ccc(OC[C@@H](O)CN2CCCC2)cc1. The molecule has 2 aliphatic rings. The minimum atomic E-state index is -0.483. The van der Waals surface area contributed by atoms with Crippen LogP contribution in [0.3, 0.4) is 0 Å². The highest BCUT2D eigenvalue weighted by molar-refractivity contribution is 5.52. The fourth-order valence-corrected chi connectivity index (χ4v) is 5.82. The molecule has 0 amide bonds. The lowest BCUT2D eigenvalue weighted by Crippen LogP contribution is -2.43. The van der Waals surface area contributed by atoms with Crippen LogP contribution in [-0.4, -0.2) is 55.1 Å². The van der Waals surface area contributed by atoms with Crippen molar-refractivity contribution in [2.45, 2.75) is 50.2 Å². The van der Waals surface area contributed by atoms with Gasteiger partial charge in [0.25, 0.3) is 0 Å². The first kappa shape index (κ1) is 24.7. The number of methoxy groups -OCH3 is 1. The molecule has 5 heteroatoms. The molecule has 5 rings (SSSR count). The maximum absolute atomic E-state index is 10.4. The van der Waals surface area contributed by atoms with Crippen LogP contribution in [-0.2, 0) is 0 Å². The molecule has 3 aromatic rings. The van der Waals surface area contributed by atoms with Gasteiger partial charge in [-0.15, -0.1) is 0 Å². The van der Waals surface area contributed by atoms with Gasteiger partial charge in [-0.1, -0.05) is 48.5 Å². The molecule has 0 saturated carbocycles. The van der Waals surface area contributed by atoms with Crippen molar-refractivity contribution >= 4 is 0 Å². The summed E-state index contributed by atoms with van der Waals surface area (Å²) >= 11 is 0. The molecular weight excluding hydrogens is 450 g/mol. The number of likely N-dealkylation sites (tertiary alicyclic amines) is 1. The molecule has 2 aliphatic heterocycles. The molecule has 5 nitrogen and oxygen atoms in total. The Morgan fingerprint density at radius 2 is 1.64 bits per heavy atom. The fourth-order valence-electron chi connectivity index (χ4n) is 5.82. The molecular formula is C31H37NO4. The minimum absolute atomic E-state index is 0.104. The van der Waals surface area contributed by atoms with E-state index in [2.05, 4.69) is 67.3 Å². The van der Waals surface area contributed by atoms with Crippen molar-refractivity contribution in [1.82, 2.24) is 4.90 Å². The summed E-state index contributed by atoms with van der Waals surface area (Å²) in [6.07, 6.45) is 1.96. The topological polar surface area (TPSA) is 51.2 Å². The number of fused-ring (bicyclic) bond motifs is 1. The van der Waals surface area contributed by atoms with Gasteiger partial charge in [0.1, 0.15) is 35.6 Å². The van der Waals surface area contributed by atoms with Crippen LogP contribution in [0.2, 0.25) is 0 Å². The summed E-state index contributed by atoms with van der Waals surface area (Å²) in [7, 11) is 1.68. The van der Waals surface area contributed by atoms with E-state index in [1.807, 2.05) is 24.3 Å². The Balaban J connectivity index is 1.41. The van der Waals surface area contributed by atoms with Gasteiger partial charge in [-0.05, 0) is 69.1 Å². The highest BCUT2D eigenvalue weighted by Crippen LogP contribution is 2.53. The number of aliphatic hydroxyl groups is 1. The van der Waals surface area contributed by atoms with E-state index in [9.17, 15) is 5.11 Å². The molecule has 190 valence electrons. The van der Waals surface area contributed by atoms with Gasteiger partial charge in [-0.25, -0.2) is 0 Å². The molecule has 3 aromatic carbocycles. The van der Waals surface area contributed by atoms with Crippen molar-refractivity contribution in [2.24, 2.45) is 0 Å². The third kappa shape index (κ3) is 5.23. The average Bonchev–Trinajstić information content (AvgIpc) is 3.39. The van der Waals surface area contributed by atoms with Gasteiger partial charge in [-0.2, -0.15) is 0 Å². The quantitative estimate of drug-likeness (QED) is 0.447.